The SMILES string of the molecule is CC(C)(C)c1ccc2cc1Cc1cccc(c1)Cc1cccc(c1)Cc1cccc(c1)C2.CCN(CC)C(C)=O.CCN(CC)C(C)=O.CCN(CC)C(C)=O.CCN(CC)C(C)=O. The Labute approximate surface area is 389 Å². The highest BCUT2D eigenvalue weighted by atomic mass is 16.2. The van der Waals surface area contributed by atoms with Crippen molar-refractivity contribution < 1.29 is 19.2 Å². The van der Waals surface area contributed by atoms with E-state index >= 15 is 0 Å². The quantitative estimate of drug-likeness (QED) is 0.155. The fraction of sp³-hybridized carbons (Fsp3) is 0.500. The molecule has 8 nitrogen and oxygen atoms in total. The van der Waals surface area contributed by atoms with Crippen LogP contribution in [0.1, 0.15) is 154 Å². The summed E-state index contributed by atoms with van der Waals surface area (Å²) in [6.45, 7) is 35.8. The van der Waals surface area contributed by atoms with Crippen LogP contribution in [-0.2, 0) is 50.3 Å². The number of rotatable bonds is 8. The predicted octanol–water partition coefficient (Wildman–Crippen LogP) is 11.2. The largest absolute Gasteiger partial charge is 0.343 e. The Morgan fingerprint density at radius 2 is 0.609 bits per heavy atom. The molecule has 0 saturated carbocycles. The highest BCUT2D eigenvalue weighted by molar-refractivity contribution is 5.74. The van der Waals surface area contributed by atoms with E-state index in [-0.39, 0.29) is 29.0 Å². The monoisotopic (exact) mass is 877 g/mol. The van der Waals surface area contributed by atoms with E-state index in [1.54, 1.807) is 47.3 Å². The lowest BCUT2D eigenvalue weighted by molar-refractivity contribution is -0.129. The fourth-order valence-corrected chi connectivity index (χ4v) is 7.79. The lowest BCUT2D eigenvalue weighted by atomic mass is 9.81. The number of nitrogens with zero attached hydrogens (tertiary/aromatic N) is 4. The number of carbonyl (C=O) groups excluding carboxylic acids is 4. The zero-order chi connectivity index (χ0) is 48.4. The molecule has 0 heterocycles. The molecule has 0 aromatic heterocycles. The molecule has 4 aromatic carbocycles. The van der Waals surface area contributed by atoms with Gasteiger partial charge in [-0.05, 0) is 137 Å². The number of amides is 4. The highest BCUT2D eigenvalue weighted by Crippen LogP contribution is 2.30. The average Bonchev–Trinajstić information content (AvgIpc) is 3.23. The maximum Gasteiger partial charge on any atom is 0.219 e. The molecule has 5 rings (SSSR count). The molecular weight excluding hydrogens is 793 g/mol. The topological polar surface area (TPSA) is 81.2 Å². The standard InChI is InChI=1S/C32H32.4C6H13NO/c1-32(2,3)31-14-13-29-20-27-10-5-9-25(18-27)16-23-7-4-8-24(15-23)17-26-11-6-12-28(19-26)21-30(31)22-29;4*1-4-7(5-2)6(3)8/h4-15,18-19,22H,16-17,20-21H2,1-3H3;4*4-5H2,1-3H3. The van der Waals surface area contributed by atoms with Crippen molar-refractivity contribution in [2.45, 2.75) is 135 Å². The van der Waals surface area contributed by atoms with Crippen molar-refractivity contribution in [3.63, 3.8) is 0 Å². The molecule has 0 spiro atoms. The molecule has 0 atom stereocenters. The van der Waals surface area contributed by atoms with E-state index in [1.807, 2.05) is 55.4 Å². The van der Waals surface area contributed by atoms with Gasteiger partial charge in [0.1, 0.15) is 0 Å². The highest BCUT2D eigenvalue weighted by Gasteiger charge is 2.19. The van der Waals surface area contributed by atoms with Crippen LogP contribution in [0.25, 0.3) is 0 Å². The van der Waals surface area contributed by atoms with Crippen LogP contribution in [0.3, 0.4) is 0 Å². The minimum Gasteiger partial charge on any atom is -0.343 e. The second-order valence-electron chi connectivity index (χ2n) is 17.2. The Kier molecular flexibility index (Phi) is 26.6. The fourth-order valence-electron chi connectivity index (χ4n) is 7.79. The lowest BCUT2D eigenvalue weighted by Crippen LogP contribution is -2.27. The van der Waals surface area contributed by atoms with E-state index in [1.165, 1.54) is 50.1 Å². The summed E-state index contributed by atoms with van der Waals surface area (Å²) in [5.41, 5.74) is 12.8. The first kappa shape index (κ1) is 56.8. The summed E-state index contributed by atoms with van der Waals surface area (Å²) in [7, 11) is 0. The molecule has 8 bridgehead atoms. The van der Waals surface area contributed by atoms with Crippen LogP contribution in [0, 0.1) is 0 Å². The molecule has 352 valence electrons. The molecule has 0 radical (unpaired) electrons. The zero-order valence-electron chi connectivity index (χ0n) is 42.6. The van der Waals surface area contributed by atoms with Crippen LogP contribution in [0.4, 0.5) is 0 Å². The summed E-state index contributed by atoms with van der Waals surface area (Å²) in [4.78, 5) is 49.2. The Balaban J connectivity index is 0.000000520. The molecule has 4 aromatic rings. The molecule has 1 aliphatic rings. The third-order valence-corrected chi connectivity index (χ3v) is 11.4. The molecule has 0 N–H and O–H groups in total. The Bertz CT molecular complexity index is 1910. The zero-order valence-corrected chi connectivity index (χ0v) is 42.6. The van der Waals surface area contributed by atoms with Crippen LogP contribution in [0.5, 0.6) is 0 Å². The summed E-state index contributed by atoms with van der Waals surface area (Å²) < 4.78 is 0. The van der Waals surface area contributed by atoms with Gasteiger partial charge in [-0.25, -0.2) is 0 Å². The van der Waals surface area contributed by atoms with Gasteiger partial charge in [0.2, 0.25) is 23.6 Å². The van der Waals surface area contributed by atoms with E-state index in [0.29, 0.717) is 0 Å². The van der Waals surface area contributed by atoms with Crippen molar-refractivity contribution >= 4 is 23.6 Å². The first-order chi connectivity index (χ1) is 30.3. The summed E-state index contributed by atoms with van der Waals surface area (Å²) in [6, 6.07) is 34.6. The molecule has 0 unspecified atom stereocenters. The van der Waals surface area contributed by atoms with Crippen molar-refractivity contribution in [1.29, 1.82) is 0 Å². The van der Waals surface area contributed by atoms with E-state index in [0.717, 1.165) is 78.0 Å². The van der Waals surface area contributed by atoms with E-state index < -0.39 is 0 Å². The van der Waals surface area contributed by atoms with Gasteiger partial charge < -0.3 is 19.6 Å². The smallest absolute Gasteiger partial charge is 0.219 e. The number of fused-ring (bicyclic) bond motifs is 8. The lowest BCUT2D eigenvalue weighted by Gasteiger charge is -2.24. The summed E-state index contributed by atoms with van der Waals surface area (Å²) in [6.07, 6.45) is 3.92. The second kappa shape index (κ2) is 30.0. The van der Waals surface area contributed by atoms with Crippen molar-refractivity contribution in [1.82, 2.24) is 19.6 Å². The van der Waals surface area contributed by atoms with Gasteiger partial charge in [0.05, 0.1) is 0 Å². The van der Waals surface area contributed by atoms with E-state index in [2.05, 4.69) is 112 Å². The van der Waals surface area contributed by atoms with Crippen LogP contribution in [0.2, 0.25) is 0 Å². The van der Waals surface area contributed by atoms with Gasteiger partial charge in [-0.3, -0.25) is 19.2 Å². The normalized spacial score (nSPS) is 11.2. The number of hydrogen-bond donors (Lipinski definition) is 0. The molecule has 64 heavy (non-hydrogen) atoms. The minimum atomic E-state index is 0.132. The van der Waals surface area contributed by atoms with Gasteiger partial charge in [-0.15, -0.1) is 0 Å². The number of benzene rings is 4. The maximum absolute atomic E-state index is 10.5. The third kappa shape index (κ3) is 21.0. The summed E-state index contributed by atoms with van der Waals surface area (Å²) in [5, 5.41) is 0. The first-order valence-corrected chi connectivity index (χ1v) is 23.7. The Hall–Kier alpha value is -5.24. The van der Waals surface area contributed by atoms with Crippen LogP contribution >= 0.6 is 0 Å². The van der Waals surface area contributed by atoms with Gasteiger partial charge in [0.15, 0.2) is 0 Å². The third-order valence-electron chi connectivity index (χ3n) is 11.4. The van der Waals surface area contributed by atoms with Crippen molar-refractivity contribution in [3.8, 4) is 0 Å². The summed E-state index contributed by atoms with van der Waals surface area (Å²) in [5.74, 6) is 0.648. The summed E-state index contributed by atoms with van der Waals surface area (Å²) >= 11 is 0. The van der Waals surface area contributed by atoms with Gasteiger partial charge >= 0.3 is 0 Å². The van der Waals surface area contributed by atoms with Gasteiger partial charge in [0.25, 0.3) is 0 Å². The Morgan fingerprint density at radius 1 is 0.375 bits per heavy atom. The molecule has 0 saturated heterocycles. The minimum absolute atomic E-state index is 0.132. The predicted molar refractivity (Wildman–Crippen MR) is 270 cm³/mol. The van der Waals surface area contributed by atoms with Crippen molar-refractivity contribution in [2.75, 3.05) is 52.4 Å². The maximum atomic E-state index is 10.5. The molecule has 4 amide bonds. The van der Waals surface area contributed by atoms with Gasteiger partial charge in [-0.1, -0.05) is 112 Å². The van der Waals surface area contributed by atoms with Gasteiger partial charge in [-0.2, -0.15) is 0 Å². The molecule has 0 fully saturated rings. The second-order valence-corrected chi connectivity index (χ2v) is 17.2. The van der Waals surface area contributed by atoms with E-state index in [4.69, 9.17) is 0 Å². The number of hydrogen-bond acceptors (Lipinski definition) is 4. The van der Waals surface area contributed by atoms with Gasteiger partial charge in [0, 0.05) is 80.1 Å². The first-order valence-electron chi connectivity index (χ1n) is 23.7. The molecule has 0 aliphatic heterocycles. The van der Waals surface area contributed by atoms with Crippen molar-refractivity contribution in [2.24, 2.45) is 0 Å². The van der Waals surface area contributed by atoms with Crippen LogP contribution < -0.4 is 0 Å². The Morgan fingerprint density at radius 3 is 0.812 bits per heavy atom. The van der Waals surface area contributed by atoms with Crippen LogP contribution in [-0.4, -0.2) is 95.6 Å². The molecule has 8 heteroatoms. The average molecular weight is 877 g/mol. The molecule has 1 aliphatic carbocycles. The van der Waals surface area contributed by atoms with Crippen molar-refractivity contribution in [3.05, 3.63) is 141 Å². The van der Waals surface area contributed by atoms with E-state index in [9.17, 15) is 19.2 Å². The van der Waals surface area contributed by atoms with Crippen LogP contribution in [0.15, 0.2) is 91.0 Å². The molecular formula is C56H84N4O4. The number of carbonyl (C=O) groups is 4.